The summed E-state index contributed by atoms with van der Waals surface area (Å²) >= 11 is 6.33. The van der Waals surface area contributed by atoms with E-state index >= 15 is 0 Å². The average molecular weight is 330 g/mol. The molecule has 23 heavy (non-hydrogen) atoms. The quantitative estimate of drug-likeness (QED) is 0.731. The number of benzene rings is 1. The number of hydrogen-bond donors (Lipinski definition) is 0. The smallest absolute Gasteiger partial charge is 0.275 e. The first-order valence-corrected chi connectivity index (χ1v) is 8.10. The van der Waals surface area contributed by atoms with Crippen molar-refractivity contribution in [2.45, 2.75) is 27.2 Å². The standard InChI is InChI=1S/C18H20ClN3O/c1-11(2)9-15-17-12(3)22(16-8-6-5-7-14(16)19)10-13(17)18(23)21(4)20-15/h5-8,10-11H,9H2,1-4H3. The van der Waals surface area contributed by atoms with E-state index in [1.165, 1.54) is 4.68 Å². The molecule has 5 heteroatoms. The highest BCUT2D eigenvalue weighted by Crippen LogP contribution is 2.28. The SMILES string of the molecule is Cc1c2c(CC(C)C)nn(C)c(=O)c2cn1-c1ccccc1Cl. The van der Waals surface area contributed by atoms with Crippen molar-refractivity contribution in [3.8, 4) is 5.69 Å². The zero-order valence-electron chi connectivity index (χ0n) is 13.8. The molecular formula is C18H20ClN3O. The molecule has 0 aliphatic carbocycles. The first-order valence-electron chi connectivity index (χ1n) is 7.73. The molecule has 1 aromatic carbocycles. The van der Waals surface area contributed by atoms with Crippen LogP contribution in [0.2, 0.25) is 5.02 Å². The topological polar surface area (TPSA) is 39.8 Å². The average Bonchev–Trinajstić information content (AvgIpc) is 2.82. The van der Waals surface area contributed by atoms with Crippen LogP contribution in [0.5, 0.6) is 0 Å². The van der Waals surface area contributed by atoms with E-state index < -0.39 is 0 Å². The molecule has 0 spiro atoms. The molecule has 0 atom stereocenters. The van der Waals surface area contributed by atoms with Gasteiger partial charge in [0, 0.05) is 24.3 Å². The second-order valence-corrected chi connectivity index (χ2v) is 6.71. The van der Waals surface area contributed by atoms with Crippen molar-refractivity contribution in [2.24, 2.45) is 13.0 Å². The van der Waals surface area contributed by atoms with Crippen molar-refractivity contribution >= 4 is 22.4 Å². The monoisotopic (exact) mass is 329 g/mol. The number of hydrogen-bond acceptors (Lipinski definition) is 2. The van der Waals surface area contributed by atoms with E-state index in [9.17, 15) is 4.79 Å². The Kier molecular flexibility index (Phi) is 4.02. The van der Waals surface area contributed by atoms with Gasteiger partial charge < -0.3 is 4.57 Å². The fraction of sp³-hybridized carbons (Fsp3) is 0.333. The summed E-state index contributed by atoms with van der Waals surface area (Å²) in [4.78, 5) is 12.5. The number of halogens is 1. The second kappa shape index (κ2) is 5.85. The first kappa shape index (κ1) is 15.8. The lowest BCUT2D eigenvalue weighted by Gasteiger charge is -2.10. The van der Waals surface area contributed by atoms with E-state index in [4.69, 9.17) is 11.6 Å². The van der Waals surface area contributed by atoms with Gasteiger partial charge in [-0.2, -0.15) is 5.10 Å². The Morgan fingerprint density at radius 1 is 1.26 bits per heavy atom. The molecule has 0 saturated heterocycles. The highest BCUT2D eigenvalue weighted by atomic mass is 35.5. The highest BCUT2D eigenvalue weighted by molar-refractivity contribution is 6.32. The van der Waals surface area contributed by atoms with Gasteiger partial charge in [-0.15, -0.1) is 0 Å². The summed E-state index contributed by atoms with van der Waals surface area (Å²) in [6.45, 7) is 6.31. The lowest BCUT2D eigenvalue weighted by molar-refractivity contribution is 0.605. The third kappa shape index (κ3) is 2.68. The summed E-state index contributed by atoms with van der Waals surface area (Å²) in [5, 5.41) is 6.78. The minimum Gasteiger partial charge on any atom is -0.318 e. The van der Waals surface area contributed by atoms with Gasteiger partial charge in [0.15, 0.2) is 0 Å². The van der Waals surface area contributed by atoms with Crippen molar-refractivity contribution in [3.05, 3.63) is 57.2 Å². The molecule has 0 aliphatic heterocycles. The van der Waals surface area contributed by atoms with Gasteiger partial charge in [-0.3, -0.25) is 4.79 Å². The Balaban J connectivity index is 2.36. The van der Waals surface area contributed by atoms with E-state index in [1.807, 2.05) is 42.0 Å². The molecule has 0 saturated carbocycles. The summed E-state index contributed by atoms with van der Waals surface area (Å²) in [6, 6.07) is 7.65. The minimum atomic E-state index is -0.0820. The number of fused-ring (bicyclic) bond motifs is 1. The number of para-hydroxylation sites is 1. The van der Waals surface area contributed by atoms with Gasteiger partial charge in [0.2, 0.25) is 0 Å². The molecule has 3 aromatic rings. The van der Waals surface area contributed by atoms with Gasteiger partial charge in [0.25, 0.3) is 5.56 Å². The molecule has 0 aliphatic rings. The van der Waals surface area contributed by atoms with Crippen LogP contribution < -0.4 is 5.56 Å². The number of aromatic nitrogens is 3. The highest BCUT2D eigenvalue weighted by Gasteiger charge is 2.18. The van der Waals surface area contributed by atoms with Crippen molar-refractivity contribution < 1.29 is 0 Å². The fourth-order valence-corrected chi connectivity index (χ4v) is 3.24. The summed E-state index contributed by atoms with van der Waals surface area (Å²) in [7, 11) is 1.70. The summed E-state index contributed by atoms with van der Waals surface area (Å²) < 4.78 is 3.41. The van der Waals surface area contributed by atoms with E-state index in [-0.39, 0.29) is 5.56 Å². The minimum absolute atomic E-state index is 0.0820. The predicted molar refractivity (Wildman–Crippen MR) is 94.6 cm³/mol. The van der Waals surface area contributed by atoms with Gasteiger partial charge in [0.05, 0.1) is 21.8 Å². The molecule has 2 heterocycles. The second-order valence-electron chi connectivity index (χ2n) is 6.30. The van der Waals surface area contributed by atoms with E-state index in [1.54, 1.807) is 7.05 Å². The Morgan fingerprint density at radius 3 is 2.61 bits per heavy atom. The maximum Gasteiger partial charge on any atom is 0.275 e. The van der Waals surface area contributed by atoms with Crippen LogP contribution in [-0.4, -0.2) is 14.3 Å². The van der Waals surface area contributed by atoms with Gasteiger partial charge in [-0.25, -0.2) is 4.68 Å². The fourth-order valence-electron chi connectivity index (χ4n) is 3.01. The molecular weight excluding hydrogens is 310 g/mol. The Labute approximate surface area is 140 Å². The Hall–Kier alpha value is -2.07. The predicted octanol–water partition coefficient (Wildman–Crippen LogP) is 3.88. The maximum atomic E-state index is 12.5. The molecule has 3 rings (SSSR count). The van der Waals surface area contributed by atoms with Crippen LogP contribution >= 0.6 is 11.6 Å². The van der Waals surface area contributed by atoms with Crippen molar-refractivity contribution in [1.82, 2.24) is 14.3 Å². The summed E-state index contributed by atoms with van der Waals surface area (Å²) in [5.74, 6) is 0.464. The number of rotatable bonds is 3. The molecule has 0 fully saturated rings. The normalized spacial score (nSPS) is 11.6. The molecule has 0 N–H and O–H groups in total. The lowest BCUT2D eigenvalue weighted by atomic mass is 10.0. The third-order valence-corrected chi connectivity index (χ3v) is 4.37. The molecule has 0 unspecified atom stereocenters. The third-order valence-electron chi connectivity index (χ3n) is 4.05. The van der Waals surface area contributed by atoms with E-state index in [2.05, 4.69) is 18.9 Å². The van der Waals surface area contributed by atoms with Gasteiger partial charge >= 0.3 is 0 Å². The number of aryl methyl sites for hydroxylation is 2. The molecule has 2 aromatic heterocycles. The van der Waals surface area contributed by atoms with Crippen molar-refractivity contribution in [1.29, 1.82) is 0 Å². The Morgan fingerprint density at radius 2 is 1.96 bits per heavy atom. The van der Waals surface area contributed by atoms with Crippen LogP contribution in [0, 0.1) is 12.8 Å². The van der Waals surface area contributed by atoms with E-state index in [0.29, 0.717) is 16.3 Å². The van der Waals surface area contributed by atoms with Crippen LogP contribution in [0.25, 0.3) is 16.5 Å². The van der Waals surface area contributed by atoms with Crippen molar-refractivity contribution in [2.75, 3.05) is 0 Å². The first-order chi connectivity index (χ1) is 10.9. The molecule has 0 bridgehead atoms. The molecule has 0 radical (unpaired) electrons. The van der Waals surface area contributed by atoms with E-state index in [0.717, 1.165) is 28.9 Å². The largest absolute Gasteiger partial charge is 0.318 e. The van der Waals surface area contributed by atoms with Gasteiger partial charge in [-0.1, -0.05) is 37.6 Å². The summed E-state index contributed by atoms with van der Waals surface area (Å²) in [5.41, 5.74) is 2.75. The molecule has 120 valence electrons. The zero-order chi connectivity index (χ0) is 16.7. The van der Waals surface area contributed by atoms with Gasteiger partial charge in [-0.05, 0) is 31.4 Å². The van der Waals surface area contributed by atoms with Crippen molar-refractivity contribution in [3.63, 3.8) is 0 Å². The van der Waals surface area contributed by atoms with Crippen LogP contribution in [0.1, 0.15) is 25.2 Å². The number of nitrogens with zero attached hydrogens (tertiary/aromatic N) is 3. The van der Waals surface area contributed by atoms with Crippen LogP contribution in [0.15, 0.2) is 35.3 Å². The van der Waals surface area contributed by atoms with Crippen LogP contribution in [0.4, 0.5) is 0 Å². The zero-order valence-corrected chi connectivity index (χ0v) is 14.6. The van der Waals surface area contributed by atoms with Crippen LogP contribution in [-0.2, 0) is 13.5 Å². The Bertz CT molecular complexity index is 937. The molecule has 4 nitrogen and oxygen atoms in total. The molecule has 0 amide bonds. The van der Waals surface area contributed by atoms with Crippen LogP contribution in [0.3, 0.4) is 0 Å². The maximum absolute atomic E-state index is 12.5. The summed E-state index contributed by atoms with van der Waals surface area (Å²) in [6.07, 6.45) is 2.71. The van der Waals surface area contributed by atoms with Gasteiger partial charge in [0.1, 0.15) is 0 Å². The lowest BCUT2D eigenvalue weighted by Crippen LogP contribution is -2.21.